The van der Waals surface area contributed by atoms with E-state index in [0.29, 0.717) is 19.2 Å². The van der Waals surface area contributed by atoms with E-state index in [9.17, 15) is 0 Å². The second-order valence-electron chi connectivity index (χ2n) is 5.36. The fraction of sp³-hybridized carbons (Fsp3) is 0.733. The molecule has 1 saturated heterocycles. The van der Waals surface area contributed by atoms with Gasteiger partial charge in [-0.3, -0.25) is 4.90 Å². The van der Waals surface area contributed by atoms with Crippen LogP contribution < -0.4 is 15.0 Å². The number of morpholine rings is 1. The lowest BCUT2D eigenvalue weighted by atomic mass is 10.4. The van der Waals surface area contributed by atoms with Crippen molar-refractivity contribution in [1.29, 1.82) is 0 Å². The Morgan fingerprint density at radius 3 is 2.78 bits per heavy atom. The molecular weight excluding hydrogens is 298 g/mol. The summed E-state index contributed by atoms with van der Waals surface area (Å²) in [5.41, 5.74) is 0. The zero-order valence-corrected chi connectivity index (χ0v) is 14.2. The molecule has 23 heavy (non-hydrogen) atoms. The van der Waals surface area contributed by atoms with Crippen LogP contribution >= 0.6 is 0 Å². The fourth-order valence-corrected chi connectivity index (χ4v) is 2.23. The monoisotopic (exact) mass is 325 g/mol. The number of methoxy groups -OCH3 is 1. The molecule has 1 aliphatic heterocycles. The largest absolute Gasteiger partial charge is 0.462 e. The number of hydrogen-bond acceptors (Lipinski definition) is 8. The van der Waals surface area contributed by atoms with Crippen molar-refractivity contribution in [3.63, 3.8) is 0 Å². The molecular formula is C15H27N5O3. The van der Waals surface area contributed by atoms with Crippen molar-refractivity contribution in [2.45, 2.75) is 0 Å². The van der Waals surface area contributed by atoms with E-state index in [4.69, 9.17) is 14.2 Å². The topological polar surface area (TPSA) is 72.0 Å². The van der Waals surface area contributed by atoms with E-state index >= 15 is 0 Å². The molecule has 0 unspecified atom stereocenters. The SMILES string of the molecule is CNc1cc(N(C)CCOC)nc(OCCN2CCOCC2)n1. The van der Waals surface area contributed by atoms with Crippen LogP contribution in [0.4, 0.5) is 11.6 Å². The number of anilines is 2. The summed E-state index contributed by atoms with van der Waals surface area (Å²) in [7, 11) is 5.49. The van der Waals surface area contributed by atoms with Crippen molar-refractivity contribution in [2.75, 3.05) is 84.0 Å². The third-order valence-electron chi connectivity index (χ3n) is 3.71. The van der Waals surface area contributed by atoms with Gasteiger partial charge in [0.05, 0.1) is 19.8 Å². The smallest absolute Gasteiger partial charge is 0.320 e. The van der Waals surface area contributed by atoms with Crippen LogP contribution in [0.2, 0.25) is 0 Å². The van der Waals surface area contributed by atoms with Crippen molar-refractivity contribution in [2.24, 2.45) is 0 Å². The van der Waals surface area contributed by atoms with Gasteiger partial charge in [-0.15, -0.1) is 0 Å². The van der Waals surface area contributed by atoms with Crippen LogP contribution in [-0.4, -0.2) is 88.7 Å². The Morgan fingerprint density at radius 2 is 2.09 bits per heavy atom. The summed E-state index contributed by atoms with van der Waals surface area (Å²) < 4.78 is 16.2. The van der Waals surface area contributed by atoms with Gasteiger partial charge < -0.3 is 24.4 Å². The molecule has 8 nitrogen and oxygen atoms in total. The Morgan fingerprint density at radius 1 is 1.30 bits per heavy atom. The van der Waals surface area contributed by atoms with E-state index in [1.807, 2.05) is 25.1 Å². The van der Waals surface area contributed by atoms with E-state index < -0.39 is 0 Å². The van der Waals surface area contributed by atoms with Crippen LogP contribution in [0, 0.1) is 0 Å². The molecule has 1 aromatic rings. The first-order chi connectivity index (χ1) is 11.2. The van der Waals surface area contributed by atoms with Crippen molar-refractivity contribution in [1.82, 2.24) is 14.9 Å². The Labute approximate surface area is 137 Å². The van der Waals surface area contributed by atoms with Gasteiger partial charge in [0, 0.05) is 53.5 Å². The molecule has 0 radical (unpaired) electrons. The number of nitrogens with zero attached hydrogens (tertiary/aromatic N) is 4. The first kappa shape index (κ1) is 17.7. The van der Waals surface area contributed by atoms with E-state index in [-0.39, 0.29) is 0 Å². The third-order valence-corrected chi connectivity index (χ3v) is 3.71. The lowest BCUT2D eigenvalue weighted by molar-refractivity contribution is 0.0317. The lowest BCUT2D eigenvalue weighted by Gasteiger charge is -2.26. The maximum Gasteiger partial charge on any atom is 0.320 e. The molecule has 130 valence electrons. The fourth-order valence-electron chi connectivity index (χ4n) is 2.23. The summed E-state index contributed by atoms with van der Waals surface area (Å²) in [6, 6.07) is 2.29. The normalized spacial score (nSPS) is 15.4. The Bertz CT molecular complexity index is 468. The number of hydrogen-bond donors (Lipinski definition) is 1. The zero-order chi connectivity index (χ0) is 16.5. The molecule has 1 aromatic heterocycles. The predicted octanol–water partition coefficient (Wildman–Crippen LogP) is 0.312. The highest BCUT2D eigenvalue weighted by molar-refractivity contribution is 5.49. The quantitative estimate of drug-likeness (QED) is 0.696. The number of nitrogens with one attached hydrogen (secondary N) is 1. The number of aromatic nitrogens is 2. The van der Waals surface area contributed by atoms with Crippen molar-refractivity contribution in [3.8, 4) is 6.01 Å². The van der Waals surface area contributed by atoms with Gasteiger partial charge in [-0.1, -0.05) is 0 Å². The van der Waals surface area contributed by atoms with E-state index in [2.05, 4.69) is 20.2 Å². The Hall–Kier alpha value is -1.64. The van der Waals surface area contributed by atoms with Crippen LogP contribution in [-0.2, 0) is 9.47 Å². The van der Waals surface area contributed by atoms with Gasteiger partial charge in [0.2, 0.25) is 0 Å². The molecule has 1 fully saturated rings. The first-order valence-corrected chi connectivity index (χ1v) is 7.92. The number of rotatable bonds is 9. The van der Waals surface area contributed by atoms with Crippen LogP contribution in [0.1, 0.15) is 0 Å². The van der Waals surface area contributed by atoms with Gasteiger partial charge in [0.15, 0.2) is 0 Å². The number of ether oxygens (including phenoxy) is 3. The minimum absolute atomic E-state index is 0.393. The highest BCUT2D eigenvalue weighted by Gasteiger charge is 2.12. The number of likely N-dealkylation sites (N-methyl/N-ethyl adjacent to an activating group) is 1. The zero-order valence-electron chi connectivity index (χ0n) is 14.2. The minimum Gasteiger partial charge on any atom is -0.462 e. The summed E-state index contributed by atoms with van der Waals surface area (Å²) >= 11 is 0. The van der Waals surface area contributed by atoms with Crippen LogP contribution in [0.3, 0.4) is 0 Å². The van der Waals surface area contributed by atoms with E-state index in [1.54, 1.807) is 7.11 Å². The highest BCUT2D eigenvalue weighted by atomic mass is 16.5. The first-order valence-electron chi connectivity index (χ1n) is 7.92. The summed E-state index contributed by atoms with van der Waals surface area (Å²) in [6.07, 6.45) is 0. The molecule has 0 saturated carbocycles. The standard InChI is InChI=1S/C15H27N5O3/c1-16-13-12-14(19(2)4-8-21-3)18-15(17-13)23-11-7-20-5-9-22-10-6-20/h12H,4-11H2,1-3H3,(H,16,17,18). The van der Waals surface area contributed by atoms with Gasteiger partial charge in [0.1, 0.15) is 18.2 Å². The Balaban J connectivity index is 1.91. The summed E-state index contributed by atoms with van der Waals surface area (Å²) in [4.78, 5) is 13.2. The second-order valence-corrected chi connectivity index (χ2v) is 5.36. The molecule has 1 N–H and O–H groups in total. The third kappa shape index (κ3) is 5.81. The lowest BCUT2D eigenvalue weighted by Crippen LogP contribution is -2.38. The summed E-state index contributed by atoms with van der Waals surface area (Å²) in [5, 5.41) is 3.04. The minimum atomic E-state index is 0.393. The molecule has 0 spiro atoms. The van der Waals surface area contributed by atoms with Crippen LogP contribution in [0.5, 0.6) is 6.01 Å². The van der Waals surface area contributed by atoms with Crippen LogP contribution in [0.25, 0.3) is 0 Å². The second kappa shape index (κ2) is 9.49. The average molecular weight is 325 g/mol. The maximum atomic E-state index is 5.74. The molecule has 2 rings (SSSR count). The van der Waals surface area contributed by atoms with Gasteiger partial charge in [-0.05, 0) is 0 Å². The molecule has 0 amide bonds. The predicted molar refractivity (Wildman–Crippen MR) is 89.5 cm³/mol. The van der Waals surface area contributed by atoms with Crippen molar-refractivity contribution in [3.05, 3.63) is 6.07 Å². The summed E-state index contributed by atoms with van der Waals surface area (Å²) in [5.74, 6) is 1.54. The maximum absolute atomic E-state index is 5.74. The van der Waals surface area contributed by atoms with E-state index in [0.717, 1.165) is 51.0 Å². The highest BCUT2D eigenvalue weighted by Crippen LogP contribution is 2.18. The molecule has 0 aromatic carbocycles. The van der Waals surface area contributed by atoms with Gasteiger partial charge in [-0.2, -0.15) is 9.97 Å². The molecule has 0 atom stereocenters. The van der Waals surface area contributed by atoms with Crippen molar-refractivity contribution >= 4 is 11.6 Å². The molecule has 8 heteroatoms. The molecule has 1 aliphatic rings. The molecule has 0 aliphatic carbocycles. The van der Waals surface area contributed by atoms with Gasteiger partial charge in [-0.25, -0.2) is 0 Å². The van der Waals surface area contributed by atoms with Gasteiger partial charge in [0.25, 0.3) is 0 Å². The van der Waals surface area contributed by atoms with Crippen molar-refractivity contribution < 1.29 is 14.2 Å². The molecule has 0 bridgehead atoms. The molecule has 2 heterocycles. The summed E-state index contributed by atoms with van der Waals surface area (Å²) in [6.45, 7) is 6.30. The Kier molecular flexibility index (Phi) is 7.31. The van der Waals surface area contributed by atoms with E-state index in [1.165, 1.54) is 0 Å². The average Bonchev–Trinajstić information content (AvgIpc) is 2.60. The van der Waals surface area contributed by atoms with Crippen LogP contribution in [0.15, 0.2) is 6.07 Å². The van der Waals surface area contributed by atoms with Gasteiger partial charge >= 0.3 is 6.01 Å².